The van der Waals surface area contributed by atoms with Crippen LogP contribution in [0.3, 0.4) is 0 Å². The summed E-state index contributed by atoms with van der Waals surface area (Å²) in [6.07, 6.45) is 0. The fourth-order valence-corrected chi connectivity index (χ4v) is 0.371. The smallest absolute Gasteiger partial charge is 0.301 e. The summed E-state index contributed by atoms with van der Waals surface area (Å²) in [5.74, 6) is -2.37. The van der Waals surface area contributed by atoms with Crippen LogP contribution < -0.4 is 0 Å². The summed E-state index contributed by atoms with van der Waals surface area (Å²) in [6, 6.07) is 0. The van der Waals surface area contributed by atoms with Gasteiger partial charge in [-0.3, -0.25) is 14.4 Å². The van der Waals surface area contributed by atoms with Crippen LogP contribution >= 0.6 is 0 Å². The van der Waals surface area contributed by atoms with Gasteiger partial charge in [-0.05, 0) is 0 Å². The molecule has 0 aliphatic rings. The monoisotopic (exact) mass is 283 g/mol. The van der Waals surface area contributed by atoms with Gasteiger partial charge in [0.05, 0.1) is 0 Å². The summed E-state index contributed by atoms with van der Waals surface area (Å²) in [7, 11) is 0. The molecule has 0 atom stereocenters. The maximum atomic E-state index is 10.4. The van der Waals surface area contributed by atoms with Crippen LogP contribution in [0.1, 0.15) is 20.8 Å². The Balaban J connectivity index is -0.000000120. The summed E-state index contributed by atoms with van der Waals surface area (Å²) in [5.41, 5.74) is 0. The molecule has 0 rings (SSSR count). The van der Waals surface area contributed by atoms with Crippen molar-refractivity contribution in [3.63, 3.8) is 0 Å². The largest absolute Gasteiger partial charge is 0.329 e. The molecule has 0 aliphatic heterocycles. The zero-order valence-corrected chi connectivity index (χ0v) is 19.4. The van der Waals surface area contributed by atoms with Crippen LogP contribution in [0.2, 0.25) is 0 Å². The second-order valence-electron chi connectivity index (χ2n) is 1.97. The van der Waals surface area contributed by atoms with Gasteiger partial charge in [0.25, 0.3) is 0 Å². The number of nitrogens with zero attached hydrogens (tertiary/aromatic N) is 1. The quantitative estimate of drug-likeness (QED) is 0.446. The maximum Gasteiger partial charge on any atom is 0.329 e. The van der Waals surface area contributed by atoms with E-state index in [1.54, 1.807) is 0 Å². The van der Waals surface area contributed by atoms with Crippen LogP contribution in [0.4, 0.5) is 0 Å². The third-order valence-electron chi connectivity index (χ3n) is 0.609. The average Bonchev–Trinajstić information content (AvgIpc) is 1.80. The van der Waals surface area contributed by atoms with Crippen molar-refractivity contribution >= 4 is 136 Å². The van der Waals surface area contributed by atoms with Crippen LogP contribution in [0, 0.1) is 0 Å². The van der Waals surface area contributed by atoms with E-state index in [0.717, 1.165) is 20.8 Å². The van der Waals surface area contributed by atoms with E-state index in [0.29, 0.717) is 0 Å². The third kappa shape index (κ3) is 23.8. The van der Waals surface area contributed by atoms with Crippen molar-refractivity contribution in [1.82, 2.24) is 5.39 Å². The molecule has 0 aromatic heterocycles. The Morgan fingerprint density at radius 2 is 0.824 bits per heavy atom. The van der Waals surface area contributed by atoms with Crippen LogP contribution in [0.5, 0.6) is 0 Å². The van der Waals surface area contributed by atoms with Gasteiger partial charge in [0.2, 0.25) is 5.39 Å². The van der Waals surface area contributed by atoms with E-state index in [4.69, 9.17) is 0 Å². The summed E-state index contributed by atoms with van der Waals surface area (Å²) >= 11 is 0. The van der Waals surface area contributed by atoms with E-state index >= 15 is 0 Å². The zero-order chi connectivity index (χ0) is 10.4. The summed E-state index contributed by atoms with van der Waals surface area (Å²) < 4.78 is 0. The molecule has 17 heavy (non-hydrogen) atoms. The van der Waals surface area contributed by atoms with Gasteiger partial charge >= 0.3 is 17.9 Å². The molecule has 0 aromatic rings. The Morgan fingerprint density at radius 1 is 0.647 bits per heavy atom. The minimum Gasteiger partial charge on any atom is -0.301 e. The summed E-state index contributed by atoms with van der Waals surface area (Å²) in [5, 5.41) is 0.0486. The topological polar surface area (TPSA) is 82.1 Å². The second kappa shape index (κ2) is 18.4. The van der Waals surface area contributed by atoms with Crippen LogP contribution in [0.15, 0.2) is 0 Å². The SMILES string of the molecule is CC(=O)ON(OC(C)=O)OC(C)=O.[Na].[Na].[Na].[Na]. The van der Waals surface area contributed by atoms with Crippen molar-refractivity contribution in [2.24, 2.45) is 0 Å². The summed E-state index contributed by atoms with van der Waals surface area (Å²) in [6.45, 7) is 3.17. The number of carbonyl (C=O) groups excluding carboxylic acids is 3. The predicted octanol–water partition coefficient (Wildman–Crippen LogP) is -1.80. The van der Waals surface area contributed by atoms with Gasteiger partial charge in [-0.2, -0.15) is 0 Å². The van der Waals surface area contributed by atoms with Crippen molar-refractivity contribution in [3.8, 4) is 0 Å². The summed E-state index contributed by atoms with van der Waals surface area (Å²) in [4.78, 5) is 43.7. The second-order valence-corrected chi connectivity index (χ2v) is 1.97. The molecule has 0 N–H and O–H groups in total. The van der Waals surface area contributed by atoms with Gasteiger partial charge in [0.15, 0.2) is 0 Å². The minimum atomic E-state index is -0.789. The molecule has 0 fully saturated rings. The Labute approximate surface area is 188 Å². The number of hydrogen-bond donors (Lipinski definition) is 0. The Bertz CT molecular complexity index is 201. The van der Waals surface area contributed by atoms with E-state index in [1.807, 2.05) is 0 Å². The van der Waals surface area contributed by atoms with Crippen LogP contribution in [-0.2, 0) is 28.9 Å². The molecular formula is C6H9NNa4O6. The normalized spacial score (nSPS) is 7.06. The molecule has 4 radical (unpaired) electrons. The van der Waals surface area contributed by atoms with Gasteiger partial charge < -0.3 is 14.5 Å². The molecule has 0 bridgehead atoms. The Kier molecular flexibility index (Phi) is 34.2. The van der Waals surface area contributed by atoms with Gasteiger partial charge in [0, 0.05) is 139 Å². The van der Waals surface area contributed by atoms with Crippen molar-refractivity contribution in [2.45, 2.75) is 20.8 Å². The molecule has 0 amide bonds. The zero-order valence-electron chi connectivity index (χ0n) is 11.4. The van der Waals surface area contributed by atoms with Gasteiger partial charge in [-0.25, -0.2) is 0 Å². The van der Waals surface area contributed by atoms with E-state index in [9.17, 15) is 14.4 Å². The van der Waals surface area contributed by atoms with Gasteiger partial charge in [0.1, 0.15) is 0 Å². The number of hydrogen-bond acceptors (Lipinski definition) is 7. The first-order valence-corrected chi connectivity index (χ1v) is 3.27. The van der Waals surface area contributed by atoms with Crippen molar-refractivity contribution < 1.29 is 28.9 Å². The number of carbonyl (C=O) groups is 3. The minimum absolute atomic E-state index is 0. The third-order valence-corrected chi connectivity index (χ3v) is 0.609. The first kappa shape index (κ1) is 31.7. The molecule has 0 unspecified atom stereocenters. The first-order valence-electron chi connectivity index (χ1n) is 3.27. The van der Waals surface area contributed by atoms with E-state index in [2.05, 4.69) is 14.5 Å². The van der Waals surface area contributed by atoms with E-state index in [-0.39, 0.29) is 124 Å². The number of rotatable bonds is 3. The van der Waals surface area contributed by atoms with Crippen LogP contribution in [0.25, 0.3) is 0 Å². The molecule has 0 spiro atoms. The van der Waals surface area contributed by atoms with Gasteiger partial charge in [-0.1, -0.05) is 0 Å². The predicted molar refractivity (Wildman–Crippen MR) is 60.2 cm³/mol. The molecular weight excluding hydrogens is 274 g/mol. The molecule has 78 valence electrons. The fourth-order valence-electron chi connectivity index (χ4n) is 0.371. The van der Waals surface area contributed by atoms with Crippen LogP contribution in [-0.4, -0.2) is 142 Å². The van der Waals surface area contributed by atoms with Crippen molar-refractivity contribution in [3.05, 3.63) is 0 Å². The Hall–Kier alpha value is 2.37. The molecule has 0 aliphatic carbocycles. The first-order chi connectivity index (χ1) is 5.91. The maximum absolute atomic E-state index is 10.4. The molecule has 11 heteroatoms. The molecule has 0 saturated heterocycles. The molecule has 0 saturated carbocycles. The van der Waals surface area contributed by atoms with Crippen molar-refractivity contribution in [1.29, 1.82) is 0 Å². The molecule has 0 aromatic carbocycles. The van der Waals surface area contributed by atoms with Gasteiger partial charge in [-0.15, -0.1) is 0 Å². The van der Waals surface area contributed by atoms with E-state index < -0.39 is 17.9 Å². The van der Waals surface area contributed by atoms with Crippen molar-refractivity contribution in [2.75, 3.05) is 0 Å². The standard InChI is InChI=1S/C6H9NO6.4Na/c1-4(8)11-7(12-5(2)9)13-6(3)10;;;;/h1-3H3;;;;. The average molecular weight is 283 g/mol. The van der Waals surface area contributed by atoms with E-state index in [1.165, 1.54) is 0 Å². The molecule has 0 heterocycles. The fraction of sp³-hybridized carbons (Fsp3) is 0.500. The Morgan fingerprint density at radius 3 is 0.941 bits per heavy atom. The molecule has 7 nitrogen and oxygen atoms in total.